The van der Waals surface area contributed by atoms with Gasteiger partial charge in [0.05, 0.1) is 30.9 Å². The fraction of sp³-hybridized carbons (Fsp3) is 0.400. The van der Waals surface area contributed by atoms with Crippen LogP contribution in [0, 0.1) is 0 Å². The predicted molar refractivity (Wildman–Crippen MR) is 80.0 cm³/mol. The summed E-state index contributed by atoms with van der Waals surface area (Å²) in [6, 6.07) is 5.91. The Labute approximate surface area is 123 Å². The molecule has 6 nitrogen and oxygen atoms in total. The molecule has 0 fully saturated rings. The first-order valence-corrected chi connectivity index (χ1v) is 6.84. The molecule has 1 heterocycles. The number of nitrogens with zero attached hydrogens (tertiary/aromatic N) is 2. The van der Waals surface area contributed by atoms with E-state index >= 15 is 0 Å². The molecule has 0 spiro atoms. The van der Waals surface area contributed by atoms with Crippen molar-refractivity contribution in [3.05, 3.63) is 24.5 Å². The Hall–Kier alpha value is -2.37. The second-order valence-corrected chi connectivity index (χ2v) is 5.07. The smallest absolute Gasteiger partial charge is 0.306 e. The van der Waals surface area contributed by atoms with Crippen molar-refractivity contribution in [3.63, 3.8) is 0 Å². The quantitative estimate of drug-likeness (QED) is 0.858. The van der Waals surface area contributed by atoms with E-state index in [1.165, 1.54) is 7.11 Å². The lowest BCUT2D eigenvalue weighted by atomic mass is 10.2. The summed E-state index contributed by atoms with van der Waals surface area (Å²) in [5.74, 6) is -0.612. The third kappa shape index (κ3) is 3.59. The minimum absolute atomic E-state index is 0.0759. The SMILES string of the molecule is COC(=O)CCC(=O)Nc1ccc2c(c1)ncn2C(C)C. The number of fused-ring (bicyclic) bond motifs is 1. The molecule has 1 aromatic carbocycles. The van der Waals surface area contributed by atoms with Gasteiger partial charge >= 0.3 is 5.97 Å². The summed E-state index contributed by atoms with van der Waals surface area (Å²) in [5.41, 5.74) is 2.53. The Morgan fingerprint density at radius 3 is 2.76 bits per heavy atom. The Kier molecular flexibility index (Phi) is 4.57. The zero-order valence-corrected chi connectivity index (χ0v) is 12.4. The molecule has 21 heavy (non-hydrogen) atoms. The molecule has 0 aliphatic rings. The van der Waals surface area contributed by atoms with Crippen LogP contribution in [-0.2, 0) is 14.3 Å². The summed E-state index contributed by atoms with van der Waals surface area (Å²) in [6.07, 6.45) is 1.97. The molecule has 1 amide bonds. The van der Waals surface area contributed by atoms with Gasteiger partial charge in [0.2, 0.25) is 5.91 Å². The molecule has 112 valence electrons. The number of aromatic nitrogens is 2. The molecule has 0 atom stereocenters. The zero-order valence-electron chi connectivity index (χ0n) is 12.4. The lowest BCUT2D eigenvalue weighted by Crippen LogP contribution is -2.13. The van der Waals surface area contributed by atoms with Gasteiger partial charge in [-0.2, -0.15) is 0 Å². The normalized spacial score (nSPS) is 10.9. The van der Waals surface area contributed by atoms with Crippen molar-refractivity contribution >= 4 is 28.6 Å². The number of amides is 1. The van der Waals surface area contributed by atoms with Crippen LogP contribution in [-0.4, -0.2) is 28.5 Å². The summed E-state index contributed by atoms with van der Waals surface area (Å²) in [4.78, 5) is 27.1. The van der Waals surface area contributed by atoms with Crippen LogP contribution in [0.2, 0.25) is 0 Å². The average Bonchev–Trinajstić information content (AvgIpc) is 2.88. The Bertz CT molecular complexity index is 661. The van der Waals surface area contributed by atoms with Gasteiger partial charge in [-0.05, 0) is 32.0 Å². The van der Waals surface area contributed by atoms with E-state index in [4.69, 9.17) is 0 Å². The standard InChI is InChI=1S/C15H19N3O3/c1-10(2)18-9-16-12-8-11(4-5-13(12)18)17-14(19)6-7-15(20)21-3/h4-5,8-10H,6-7H2,1-3H3,(H,17,19). The molecular formula is C15H19N3O3. The summed E-state index contributed by atoms with van der Waals surface area (Å²) in [5, 5.41) is 2.76. The molecule has 1 N–H and O–H groups in total. The van der Waals surface area contributed by atoms with Crippen LogP contribution in [0.1, 0.15) is 32.7 Å². The first-order chi connectivity index (χ1) is 10.0. The molecule has 1 aromatic heterocycles. The highest BCUT2D eigenvalue weighted by Gasteiger charge is 2.09. The highest BCUT2D eigenvalue weighted by molar-refractivity contribution is 5.94. The van der Waals surface area contributed by atoms with Crippen LogP contribution in [0.5, 0.6) is 0 Å². The van der Waals surface area contributed by atoms with Crippen molar-refractivity contribution in [3.8, 4) is 0 Å². The van der Waals surface area contributed by atoms with E-state index in [0.717, 1.165) is 11.0 Å². The maximum atomic E-state index is 11.7. The number of esters is 1. The topological polar surface area (TPSA) is 73.2 Å². The number of carbonyl (C=O) groups is 2. The average molecular weight is 289 g/mol. The van der Waals surface area contributed by atoms with Crippen molar-refractivity contribution < 1.29 is 14.3 Å². The molecule has 0 unspecified atom stereocenters. The molecule has 6 heteroatoms. The van der Waals surface area contributed by atoms with E-state index in [-0.39, 0.29) is 18.7 Å². The third-order valence-electron chi connectivity index (χ3n) is 3.20. The fourth-order valence-electron chi connectivity index (χ4n) is 2.06. The maximum absolute atomic E-state index is 11.7. The minimum Gasteiger partial charge on any atom is -0.469 e. The van der Waals surface area contributed by atoms with E-state index in [1.807, 2.05) is 18.2 Å². The van der Waals surface area contributed by atoms with Gasteiger partial charge in [0.1, 0.15) is 0 Å². The van der Waals surface area contributed by atoms with E-state index in [1.54, 1.807) is 6.33 Å². The summed E-state index contributed by atoms with van der Waals surface area (Å²) >= 11 is 0. The Balaban J connectivity index is 2.06. The molecule has 2 rings (SSSR count). The summed E-state index contributed by atoms with van der Waals surface area (Å²) < 4.78 is 6.57. The van der Waals surface area contributed by atoms with Crippen molar-refractivity contribution in [2.24, 2.45) is 0 Å². The first kappa shape index (κ1) is 15.0. The Morgan fingerprint density at radius 1 is 1.33 bits per heavy atom. The molecule has 2 aromatic rings. The molecule has 0 aliphatic heterocycles. The van der Waals surface area contributed by atoms with Gasteiger partial charge in [-0.1, -0.05) is 0 Å². The number of rotatable bonds is 5. The number of hydrogen-bond acceptors (Lipinski definition) is 4. The largest absolute Gasteiger partial charge is 0.469 e. The van der Waals surface area contributed by atoms with E-state index < -0.39 is 5.97 Å². The maximum Gasteiger partial charge on any atom is 0.306 e. The number of carbonyl (C=O) groups excluding carboxylic acids is 2. The Morgan fingerprint density at radius 2 is 2.10 bits per heavy atom. The number of imidazole rings is 1. The van der Waals surface area contributed by atoms with Gasteiger partial charge < -0.3 is 14.6 Å². The van der Waals surface area contributed by atoms with Crippen LogP contribution < -0.4 is 5.32 Å². The summed E-state index contributed by atoms with van der Waals surface area (Å²) in [6.45, 7) is 4.17. The monoisotopic (exact) mass is 289 g/mol. The number of anilines is 1. The molecule has 0 saturated carbocycles. The van der Waals surface area contributed by atoms with Gasteiger partial charge in [0, 0.05) is 18.2 Å². The fourth-order valence-corrected chi connectivity index (χ4v) is 2.06. The lowest BCUT2D eigenvalue weighted by Gasteiger charge is -2.08. The van der Waals surface area contributed by atoms with Crippen LogP contribution >= 0.6 is 0 Å². The zero-order chi connectivity index (χ0) is 15.4. The van der Waals surface area contributed by atoms with E-state index in [0.29, 0.717) is 11.7 Å². The van der Waals surface area contributed by atoms with Crippen LogP contribution in [0.15, 0.2) is 24.5 Å². The van der Waals surface area contributed by atoms with E-state index in [2.05, 4.69) is 33.5 Å². The number of nitrogens with one attached hydrogen (secondary N) is 1. The van der Waals surface area contributed by atoms with Gasteiger partial charge in [-0.15, -0.1) is 0 Å². The second-order valence-electron chi connectivity index (χ2n) is 5.07. The lowest BCUT2D eigenvalue weighted by molar-refractivity contribution is -0.141. The minimum atomic E-state index is -0.392. The highest BCUT2D eigenvalue weighted by atomic mass is 16.5. The molecular weight excluding hydrogens is 270 g/mol. The molecule has 0 saturated heterocycles. The number of benzene rings is 1. The van der Waals surface area contributed by atoms with Gasteiger partial charge in [-0.3, -0.25) is 9.59 Å². The van der Waals surface area contributed by atoms with Gasteiger partial charge in [-0.25, -0.2) is 4.98 Å². The van der Waals surface area contributed by atoms with Crippen LogP contribution in [0.4, 0.5) is 5.69 Å². The van der Waals surface area contributed by atoms with Crippen molar-refractivity contribution in [1.82, 2.24) is 9.55 Å². The van der Waals surface area contributed by atoms with Crippen LogP contribution in [0.3, 0.4) is 0 Å². The van der Waals surface area contributed by atoms with Crippen molar-refractivity contribution in [2.45, 2.75) is 32.7 Å². The molecule has 0 bridgehead atoms. The van der Waals surface area contributed by atoms with E-state index in [9.17, 15) is 9.59 Å². The van der Waals surface area contributed by atoms with Gasteiger partial charge in [0.25, 0.3) is 0 Å². The van der Waals surface area contributed by atoms with Crippen LogP contribution in [0.25, 0.3) is 11.0 Å². The predicted octanol–water partition coefficient (Wildman–Crippen LogP) is 2.51. The number of ether oxygens (including phenoxy) is 1. The molecule has 0 radical (unpaired) electrons. The van der Waals surface area contributed by atoms with Gasteiger partial charge in [0.15, 0.2) is 0 Å². The highest BCUT2D eigenvalue weighted by Crippen LogP contribution is 2.21. The third-order valence-corrected chi connectivity index (χ3v) is 3.20. The van der Waals surface area contributed by atoms with Crippen molar-refractivity contribution in [2.75, 3.05) is 12.4 Å². The number of methoxy groups -OCH3 is 1. The number of hydrogen-bond donors (Lipinski definition) is 1. The van der Waals surface area contributed by atoms with Crippen molar-refractivity contribution in [1.29, 1.82) is 0 Å². The first-order valence-electron chi connectivity index (χ1n) is 6.84. The summed E-state index contributed by atoms with van der Waals surface area (Å²) in [7, 11) is 1.30. The second kappa shape index (κ2) is 6.39. The molecule has 0 aliphatic carbocycles.